The van der Waals surface area contributed by atoms with E-state index in [1.165, 1.54) is 19.2 Å². The average Bonchev–Trinajstić information content (AvgIpc) is 2.96. The van der Waals surface area contributed by atoms with Crippen LogP contribution in [0.1, 0.15) is 6.42 Å². The fourth-order valence-electron chi connectivity index (χ4n) is 3.39. The number of carboxylic acids is 1. The highest BCUT2D eigenvalue weighted by Gasteiger charge is 2.56. The van der Waals surface area contributed by atoms with E-state index in [2.05, 4.69) is 0 Å². The molecule has 132 valence electrons. The molecule has 0 radical (unpaired) electrons. The van der Waals surface area contributed by atoms with Gasteiger partial charge in [-0.3, -0.25) is 4.79 Å². The largest absolute Gasteiger partial charge is 0.494 e. The van der Waals surface area contributed by atoms with Crippen molar-refractivity contribution in [3.8, 4) is 5.75 Å². The molecule has 0 aromatic heterocycles. The summed E-state index contributed by atoms with van der Waals surface area (Å²) < 4.78 is 50.6. The van der Waals surface area contributed by atoms with Crippen LogP contribution < -0.4 is 4.74 Å². The number of sulfonamides is 1. The lowest BCUT2D eigenvalue weighted by molar-refractivity contribution is -0.157. The monoisotopic (exact) mass is 359 g/mol. The number of benzene rings is 1. The molecule has 3 rings (SSSR count). The van der Waals surface area contributed by atoms with Crippen LogP contribution in [0.25, 0.3) is 0 Å². The molecule has 0 saturated carbocycles. The van der Waals surface area contributed by atoms with Crippen LogP contribution in [0.15, 0.2) is 23.1 Å². The Morgan fingerprint density at radius 1 is 1.50 bits per heavy atom. The topological polar surface area (TPSA) is 93.1 Å². The van der Waals surface area contributed by atoms with Gasteiger partial charge in [0.2, 0.25) is 10.0 Å². The van der Waals surface area contributed by atoms with Crippen LogP contribution in [0.3, 0.4) is 0 Å². The molecule has 0 unspecified atom stereocenters. The highest BCUT2D eigenvalue weighted by atomic mass is 32.2. The minimum Gasteiger partial charge on any atom is -0.494 e. The maximum absolute atomic E-state index is 13.8. The van der Waals surface area contributed by atoms with Gasteiger partial charge in [0.15, 0.2) is 11.6 Å². The zero-order valence-electron chi connectivity index (χ0n) is 13.1. The Labute approximate surface area is 139 Å². The molecule has 0 spiro atoms. The van der Waals surface area contributed by atoms with Crippen molar-refractivity contribution >= 4 is 16.0 Å². The minimum absolute atomic E-state index is 0.0439. The fraction of sp³-hybridized carbons (Fsp3) is 0.533. The number of nitrogens with zero attached hydrogens (tertiary/aromatic N) is 1. The second kappa shape index (κ2) is 5.98. The van der Waals surface area contributed by atoms with E-state index in [4.69, 9.17) is 9.47 Å². The number of fused-ring (bicyclic) bond motifs is 1. The molecule has 0 aliphatic carbocycles. The van der Waals surface area contributed by atoms with E-state index in [1.807, 2.05) is 0 Å². The number of methoxy groups -OCH3 is 1. The molecule has 7 nitrogen and oxygen atoms in total. The third kappa shape index (κ3) is 2.56. The third-order valence-electron chi connectivity index (χ3n) is 4.86. The molecule has 2 aliphatic heterocycles. The van der Waals surface area contributed by atoms with Gasteiger partial charge in [-0.2, -0.15) is 4.31 Å². The van der Waals surface area contributed by atoms with E-state index in [-0.39, 0.29) is 43.4 Å². The Bertz CT molecular complexity index is 767. The lowest BCUT2D eigenvalue weighted by Gasteiger charge is -2.34. The average molecular weight is 359 g/mol. The van der Waals surface area contributed by atoms with Crippen molar-refractivity contribution in [3.63, 3.8) is 0 Å². The number of carboxylic acid groups (broad SMARTS) is 1. The Balaban J connectivity index is 1.94. The Kier molecular flexibility index (Phi) is 4.27. The van der Waals surface area contributed by atoms with E-state index in [0.717, 1.165) is 10.4 Å². The zero-order chi connectivity index (χ0) is 17.5. The zero-order valence-corrected chi connectivity index (χ0v) is 13.9. The third-order valence-corrected chi connectivity index (χ3v) is 6.67. The summed E-state index contributed by atoms with van der Waals surface area (Å²) in [6, 6.07) is 3.38. The fourth-order valence-corrected chi connectivity index (χ4v) is 4.96. The van der Waals surface area contributed by atoms with Gasteiger partial charge < -0.3 is 14.6 Å². The number of ether oxygens (including phenoxy) is 2. The molecule has 0 amide bonds. The van der Waals surface area contributed by atoms with Crippen LogP contribution in [0.2, 0.25) is 0 Å². The summed E-state index contributed by atoms with van der Waals surface area (Å²) in [5.41, 5.74) is -1.14. The number of hydrogen-bond acceptors (Lipinski definition) is 5. The van der Waals surface area contributed by atoms with Gasteiger partial charge in [0, 0.05) is 25.6 Å². The van der Waals surface area contributed by atoms with Gasteiger partial charge >= 0.3 is 5.97 Å². The van der Waals surface area contributed by atoms with Crippen molar-refractivity contribution in [1.29, 1.82) is 0 Å². The smallest absolute Gasteiger partial charge is 0.311 e. The number of halogens is 1. The van der Waals surface area contributed by atoms with Crippen LogP contribution >= 0.6 is 0 Å². The van der Waals surface area contributed by atoms with Gasteiger partial charge in [0.25, 0.3) is 0 Å². The van der Waals surface area contributed by atoms with E-state index in [9.17, 15) is 22.7 Å². The summed E-state index contributed by atoms with van der Waals surface area (Å²) in [6.07, 6.45) is 0.260. The standard InChI is InChI=1S/C15H18FNO6S/c1-22-13-3-2-11(6-12(13)16)24(20,21)17-7-10-8-23-5-4-15(10,9-17)14(18)19/h2-3,6,10H,4-5,7-9H2,1H3,(H,18,19)/t10-,15+/m1/s1. The van der Waals surface area contributed by atoms with Crippen LogP contribution in [-0.4, -0.2) is 57.2 Å². The van der Waals surface area contributed by atoms with Gasteiger partial charge in [-0.1, -0.05) is 0 Å². The van der Waals surface area contributed by atoms with Crippen molar-refractivity contribution in [2.45, 2.75) is 11.3 Å². The molecule has 1 N–H and O–H groups in total. The molecule has 9 heteroatoms. The molecule has 2 heterocycles. The first-order chi connectivity index (χ1) is 11.3. The molecular formula is C15H18FNO6S. The van der Waals surface area contributed by atoms with Gasteiger partial charge in [0.05, 0.1) is 24.0 Å². The molecule has 0 bridgehead atoms. The molecule has 2 fully saturated rings. The highest BCUT2D eigenvalue weighted by Crippen LogP contribution is 2.44. The Morgan fingerprint density at radius 3 is 2.83 bits per heavy atom. The molecular weight excluding hydrogens is 341 g/mol. The molecule has 2 aliphatic rings. The van der Waals surface area contributed by atoms with E-state index < -0.39 is 33.1 Å². The minimum atomic E-state index is -4.00. The first-order valence-corrected chi connectivity index (χ1v) is 8.90. The molecule has 24 heavy (non-hydrogen) atoms. The van der Waals surface area contributed by atoms with Crippen molar-refractivity contribution in [2.24, 2.45) is 11.3 Å². The lowest BCUT2D eigenvalue weighted by atomic mass is 9.74. The predicted molar refractivity (Wildman–Crippen MR) is 80.7 cm³/mol. The van der Waals surface area contributed by atoms with Crippen LogP contribution in [0.4, 0.5) is 4.39 Å². The van der Waals surface area contributed by atoms with Gasteiger partial charge in [0.1, 0.15) is 0 Å². The van der Waals surface area contributed by atoms with Gasteiger partial charge in [-0.15, -0.1) is 0 Å². The first-order valence-electron chi connectivity index (χ1n) is 7.46. The van der Waals surface area contributed by atoms with Gasteiger partial charge in [-0.05, 0) is 24.6 Å². The summed E-state index contributed by atoms with van der Waals surface area (Å²) >= 11 is 0. The predicted octanol–water partition coefficient (Wildman–Crippen LogP) is 0.946. The Morgan fingerprint density at radius 2 is 2.25 bits per heavy atom. The second-order valence-electron chi connectivity index (χ2n) is 6.08. The van der Waals surface area contributed by atoms with Crippen molar-refractivity contribution in [1.82, 2.24) is 4.31 Å². The van der Waals surface area contributed by atoms with Crippen LogP contribution in [0, 0.1) is 17.2 Å². The van der Waals surface area contributed by atoms with Crippen LogP contribution in [-0.2, 0) is 19.6 Å². The number of rotatable bonds is 4. The summed E-state index contributed by atoms with van der Waals surface area (Å²) in [5, 5.41) is 9.61. The summed E-state index contributed by atoms with van der Waals surface area (Å²) in [5.74, 6) is -2.28. The van der Waals surface area contributed by atoms with Crippen molar-refractivity contribution < 1.29 is 32.2 Å². The van der Waals surface area contributed by atoms with Gasteiger partial charge in [-0.25, -0.2) is 12.8 Å². The van der Waals surface area contributed by atoms with E-state index in [1.54, 1.807) is 0 Å². The van der Waals surface area contributed by atoms with Crippen molar-refractivity contribution in [3.05, 3.63) is 24.0 Å². The lowest BCUT2D eigenvalue weighted by Crippen LogP contribution is -2.45. The number of aliphatic carboxylic acids is 1. The van der Waals surface area contributed by atoms with E-state index in [0.29, 0.717) is 0 Å². The summed E-state index contributed by atoms with van der Waals surface area (Å²) in [7, 11) is -2.71. The summed E-state index contributed by atoms with van der Waals surface area (Å²) in [6.45, 7) is 0.401. The molecule has 1 aromatic carbocycles. The van der Waals surface area contributed by atoms with E-state index >= 15 is 0 Å². The Hall–Kier alpha value is -1.71. The normalized spacial score (nSPS) is 27.7. The highest BCUT2D eigenvalue weighted by molar-refractivity contribution is 7.89. The summed E-state index contributed by atoms with van der Waals surface area (Å²) in [4.78, 5) is 11.5. The second-order valence-corrected chi connectivity index (χ2v) is 8.01. The SMILES string of the molecule is COc1ccc(S(=O)(=O)N2C[C@@H]3COCC[C@]3(C(=O)O)C2)cc1F. The maximum atomic E-state index is 13.8. The quantitative estimate of drug-likeness (QED) is 0.860. The van der Waals surface area contributed by atoms with Crippen LogP contribution in [0.5, 0.6) is 5.75 Å². The molecule has 2 saturated heterocycles. The maximum Gasteiger partial charge on any atom is 0.311 e. The number of carbonyl (C=O) groups is 1. The first kappa shape index (κ1) is 17.1. The van der Waals surface area contributed by atoms with Crippen molar-refractivity contribution in [2.75, 3.05) is 33.4 Å². The number of hydrogen-bond donors (Lipinski definition) is 1. The molecule has 2 atom stereocenters. The molecule has 1 aromatic rings.